The fraction of sp³-hybridized carbons (Fsp3) is 0.333. The van der Waals surface area contributed by atoms with Gasteiger partial charge in [0.2, 0.25) is 0 Å². The maximum absolute atomic E-state index is 12.7. The molecule has 22 heavy (non-hydrogen) atoms. The molecule has 2 rings (SSSR count). The van der Waals surface area contributed by atoms with Gasteiger partial charge in [0, 0.05) is 11.3 Å². The van der Waals surface area contributed by atoms with Crippen LogP contribution in [-0.2, 0) is 17.1 Å². The third kappa shape index (κ3) is 3.54. The maximum atomic E-state index is 12.7. The van der Waals surface area contributed by atoms with Crippen LogP contribution in [0.4, 0.5) is 26.3 Å². The Hall–Kier alpha value is -1.71. The van der Waals surface area contributed by atoms with E-state index in [0.717, 1.165) is 11.8 Å². The molecule has 0 aliphatic carbocycles. The minimum absolute atomic E-state index is 0.0123. The first-order chi connectivity index (χ1) is 9.98. The largest absolute Gasteiger partial charge is 0.480 e. The van der Waals surface area contributed by atoms with Gasteiger partial charge in [0.15, 0.2) is 6.04 Å². The first-order valence-corrected chi connectivity index (χ1v) is 6.70. The number of hydrogen-bond acceptors (Lipinski definition) is 3. The number of thioether (sulfide) groups is 1. The number of rotatable bonds is 2. The minimum atomic E-state index is -4.95. The molecule has 10 heteroatoms. The molecule has 1 aliphatic rings. The molecule has 0 saturated heterocycles. The second-order valence-electron chi connectivity index (χ2n) is 4.39. The predicted molar refractivity (Wildman–Crippen MR) is 66.9 cm³/mol. The second-order valence-corrected chi connectivity index (χ2v) is 5.40. The van der Waals surface area contributed by atoms with Crippen molar-refractivity contribution in [3.8, 4) is 0 Å². The molecule has 0 aromatic heterocycles. The van der Waals surface area contributed by atoms with Gasteiger partial charge in [-0.3, -0.25) is 4.99 Å². The summed E-state index contributed by atoms with van der Waals surface area (Å²) in [6, 6.07) is -0.0986. The average Bonchev–Trinajstić information content (AvgIpc) is 2.85. The van der Waals surface area contributed by atoms with E-state index in [1.54, 1.807) is 0 Å². The van der Waals surface area contributed by atoms with Crippen LogP contribution in [0.25, 0.3) is 0 Å². The highest BCUT2D eigenvalue weighted by atomic mass is 32.2. The lowest BCUT2D eigenvalue weighted by Gasteiger charge is -2.13. The smallest absolute Gasteiger partial charge is 0.416 e. The van der Waals surface area contributed by atoms with E-state index in [1.807, 2.05) is 0 Å². The third-order valence-corrected chi connectivity index (χ3v) is 3.87. The summed E-state index contributed by atoms with van der Waals surface area (Å²) >= 11 is 0.805. The molecule has 3 nitrogen and oxygen atoms in total. The van der Waals surface area contributed by atoms with Crippen LogP contribution in [0.5, 0.6) is 0 Å². The zero-order chi connectivity index (χ0) is 16.7. The molecular weight excluding hydrogens is 336 g/mol. The standard InChI is InChI=1S/C12H7F6NO2S/c13-11(14,15)6-1-5(2-7(3-6)12(16,17)18)9-19-8(4-22-9)10(20)21/h1-3,8H,4H2,(H,20,21). The van der Waals surface area contributed by atoms with E-state index < -0.39 is 41.1 Å². The molecule has 1 unspecified atom stereocenters. The van der Waals surface area contributed by atoms with E-state index in [1.165, 1.54) is 0 Å². The van der Waals surface area contributed by atoms with Crippen LogP contribution in [0.3, 0.4) is 0 Å². The van der Waals surface area contributed by atoms with Gasteiger partial charge in [0.05, 0.1) is 16.2 Å². The van der Waals surface area contributed by atoms with Crippen molar-refractivity contribution in [2.45, 2.75) is 18.4 Å². The summed E-state index contributed by atoms with van der Waals surface area (Å²) in [7, 11) is 0. The molecule has 1 aliphatic heterocycles. The number of carboxylic acids is 1. The summed E-state index contributed by atoms with van der Waals surface area (Å²) in [4.78, 5) is 14.4. The summed E-state index contributed by atoms with van der Waals surface area (Å²) in [5.41, 5.74) is -3.31. The van der Waals surface area contributed by atoms with Crippen LogP contribution in [0.2, 0.25) is 0 Å². The topological polar surface area (TPSA) is 49.7 Å². The molecule has 120 valence electrons. The Morgan fingerprint density at radius 3 is 1.95 bits per heavy atom. The van der Waals surface area contributed by atoms with E-state index >= 15 is 0 Å². The van der Waals surface area contributed by atoms with Gasteiger partial charge in [-0.15, -0.1) is 11.8 Å². The SMILES string of the molecule is O=C(O)C1CSC(c2cc(C(F)(F)F)cc(C(F)(F)F)c2)=N1. The maximum Gasteiger partial charge on any atom is 0.416 e. The minimum Gasteiger partial charge on any atom is -0.480 e. The fourth-order valence-electron chi connectivity index (χ4n) is 1.74. The van der Waals surface area contributed by atoms with Crippen LogP contribution < -0.4 is 0 Å². The van der Waals surface area contributed by atoms with Gasteiger partial charge in [0.1, 0.15) is 0 Å². The predicted octanol–water partition coefficient (Wildman–Crippen LogP) is 3.67. The number of carboxylic acid groups (broad SMARTS) is 1. The molecule has 0 spiro atoms. The molecule has 0 saturated carbocycles. The molecule has 0 amide bonds. The summed E-state index contributed by atoms with van der Waals surface area (Å²) in [6.45, 7) is 0. The number of carbonyl (C=O) groups is 1. The molecule has 1 N–H and O–H groups in total. The lowest BCUT2D eigenvalue weighted by atomic mass is 10.1. The first kappa shape index (κ1) is 16.7. The van der Waals surface area contributed by atoms with E-state index in [9.17, 15) is 31.1 Å². The number of aliphatic carboxylic acids is 1. The third-order valence-electron chi connectivity index (χ3n) is 2.77. The molecule has 0 fully saturated rings. The molecule has 0 radical (unpaired) electrons. The Morgan fingerprint density at radius 1 is 1.09 bits per heavy atom. The van der Waals surface area contributed by atoms with Crippen LogP contribution in [0, 0.1) is 0 Å². The number of aliphatic imine (C=N–C) groups is 1. The highest BCUT2D eigenvalue weighted by Gasteiger charge is 2.38. The average molecular weight is 343 g/mol. The molecule has 1 aromatic carbocycles. The Balaban J connectivity index is 2.52. The lowest BCUT2D eigenvalue weighted by molar-refractivity contribution is -0.143. The summed E-state index contributed by atoms with van der Waals surface area (Å²) in [6.07, 6.45) is -9.90. The fourth-order valence-corrected chi connectivity index (χ4v) is 2.76. The van der Waals surface area contributed by atoms with E-state index in [2.05, 4.69) is 4.99 Å². The molecule has 0 bridgehead atoms. The van der Waals surface area contributed by atoms with E-state index in [4.69, 9.17) is 5.11 Å². The van der Waals surface area contributed by atoms with Gasteiger partial charge in [-0.25, -0.2) is 4.79 Å². The Labute approximate surface area is 124 Å². The van der Waals surface area contributed by atoms with E-state index in [0.29, 0.717) is 12.1 Å². The highest BCUT2D eigenvalue weighted by molar-refractivity contribution is 8.14. The molecule has 1 aromatic rings. The van der Waals surface area contributed by atoms with Crippen molar-refractivity contribution >= 4 is 22.8 Å². The van der Waals surface area contributed by atoms with Gasteiger partial charge in [0.25, 0.3) is 0 Å². The van der Waals surface area contributed by atoms with Crippen molar-refractivity contribution in [1.29, 1.82) is 0 Å². The van der Waals surface area contributed by atoms with Crippen LogP contribution >= 0.6 is 11.8 Å². The number of halogens is 6. The zero-order valence-electron chi connectivity index (χ0n) is 10.5. The summed E-state index contributed by atoms with van der Waals surface area (Å²) in [5.74, 6) is -1.33. The first-order valence-electron chi connectivity index (χ1n) is 5.72. The Bertz CT molecular complexity index is 605. The van der Waals surface area contributed by atoms with Crippen molar-refractivity contribution in [1.82, 2.24) is 0 Å². The quantitative estimate of drug-likeness (QED) is 0.834. The number of nitrogens with zero attached hydrogens (tertiary/aromatic N) is 1. The molecule has 1 atom stereocenters. The normalized spacial score (nSPS) is 19.2. The van der Waals surface area contributed by atoms with Crippen LogP contribution in [0.15, 0.2) is 23.2 Å². The summed E-state index contributed by atoms with van der Waals surface area (Å²) in [5, 5.41) is 8.62. The number of alkyl halides is 6. The van der Waals surface area contributed by atoms with Gasteiger partial charge in [-0.1, -0.05) is 0 Å². The second kappa shape index (κ2) is 5.49. The van der Waals surface area contributed by atoms with Crippen LogP contribution in [-0.4, -0.2) is 27.9 Å². The molecule has 1 heterocycles. The van der Waals surface area contributed by atoms with Gasteiger partial charge in [-0.2, -0.15) is 26.3 Å². The Morgan fingerprint density at radius 2 is 1.59 bits per heavy atom. The van der Waals surface area contributed by atoms with Crippen molar-refractivity contribution in [3.63, 3.8) is 0 Å². The number of benzene rings is 1. The van der Waals surface area contributed by atoms with Crippen molar-refractivity contribution in [3.05, 3.63) is 34.9 Å². The lowest BCUT2D eigenvalue weighted by Crippen LogP contribution is -2.17. The summed E-state index contributed by atoms with van der Waals surface area (Å²) < 4.78 is 76.3. The van der Waals surface area contributed by atoms with Crippen LogP contribution in [0.1, 0.15) is 16.7 Å². The van der Waals surface area contributed by atoms with Gasteiger partial charge in [-0.05, 0) is 18.2 Å². The monoisotopic (exact) mass is 343 g/mol. The zero-order valence-corrected chi connectivity index (χ0v) is 11.3. The van der Waals surface area contributed by atoms with Gasteiger partial charge >= 0.3 is 18.3 Å². The highest BCUT2D eigenvalue weighted by Crippen LogP contribution is 2.37. The van der Waals surface area contributed by atoms with Crippen molar-refractivity contribution < 1.29 is 36.2 Å². The van der Waals surface area contributed by atoms with Crippen molar-refractivity contribution in [2.75, 3.05) is 5.75 Å². The molecular formula is C12H7F6NO2S. The van der Waals surface area contributed by atoms with Crippen molar-refractivity contribution in [2.24, 2.45) is 4.99 Å². The Kier molecular flexibility index (Phi) is 4.16. The van der Waals surface area contributed by atoms with E-state index in [-0.39, 0.29) is 16.9 Å². The number of hydrogen-bond donors (Lipinski definition) is 1. The van der Waals surface area contributed by atoms with Gasteiger partial charge < -0.3 is 5.11 Å².